The molecule has 0 unspecified atom stereocenters. The highest BCUT2D eigenvalue weighted by molar-refractivity contribution is 5.76. The normalized spacial score (nSPS) is 12.0. The Morgan fingerprint density at radius 3 is 2.62 bits per heavy atom. The summed E-state index contributed by atoms with van der Waals surface area (Å²) >= 11 is 0. The van der Waals surface area contributed by atoms with Gasteiger partial charge in [0.25, 0.3) is 0 Å². The highest BCUT2D eigenvalue weighted by Gasteiger charge is 2.18. The molecule has 0 amide bonds. The molecule has 0 aliphatic rings. The van der Waals surface area contributed by atoms with Crippen LogP contribution in [-0.2, 0) is 20.2 Å². The fourth-order valence-electron chi connectivity index (χ4n) is 2.79. The van der Waals surface area contributed by atoms with Crippen molar-refractivity contribution >= 4 is 11.2 Å². The van der Waals surface area contributed by atoms with Crippen molar-refractivity contribution in [2.45, 2.75) is 33.9 Å². The molecule has 0 radical (unpaired) electrons. The van der Waals surface area contributed by atoms with Crippen LogP contribution in [0.2, 0.25) is 0 Å². The molecule has 0 aliphatic heterocycles. The number of imidazole rings is 1. The number of fused-ring (bicyclic) bond motifs is 1. The zero-order valence-electron chi connectivity index (χ0n) is 14.4. The van der Waals surface area contributed by atoms with E-state index in [1.165, 1.54) is 0 Å². The Hall–Kier alpha value is -2.47. The van der Waals surface area contributed by atoms with Crippen molar-refractivity contribution in [3.63, 3.8) is 0 Å². The van der Waals surface area contributed by atoms with Gasteiger partial charge in [-0.25, -0.2) is 9.78 Å². The molecule has 3 aromatic rings. The monoisotopic (exact) mass is 326 g/mol. The van der Waals surface area contributed by atoms with Crippen LogP contribution in [-0.4, -0.2) is 24.2 Å². The van der Waals surface area contributed by atoms with Crippen LogP contribution in [0, 0.1) is 5.41 Å². The molecule has 0 bridgehead atoms. The maximum Gasteiger partial charge on any atom is 0.330 e. The van der Waals surface area contributed by atoms with Crippen molar-refractivity contribution < 1.29 is 5.11 Å². The van der Waals surface area contributed by atoms with Crippen molar-refractivity contribution in [1.29, 1.82) is 0 Å². The predicted molar refractivity (Wildman–Crippen MR) is 93.6 cm³/mol. The highest BCUT2D eigenvalue weighted by Crippen LogP contribution is 2.23. The zero-order valence-corrected chi connectivity index (χ0v) is 14.4. The quantitative estimate of drug-likeness (QED) is 0.802. The van der Waals surface area contributed by atoms with Crippen molar-refractivity contribution in [3.8, 4) is 11.3 Å². The van der Waals surface area contributed by atoms with Crippen LogP contribution in [0.3, 0.4) is 0 Å². The van der Waals surface area contributed by atoms with E-state index >= 15 is 0 Å². The Balaban J connectivity index is 2.15. The lowest BCUT2D eigenvalue weighted by Crippen LogP contribution is -2.27. The molecule has 0 saturated carbocycles. The summed E-state index contributed by atoms with van der Waals surface area (Å²) in [6, 6.07) is 7.48. The first-order chi connectivity index (χ1) is 11.3. The zero-order chi connectivity index (χ0) is 17.5. The van der Waals surface area contributed by atoms with Gasteiger partial charge in [0, 0.05) is 25.4 Å². The summed E-state index contributed by atoms with van der Waals surface area (Å²) in [6.45, 7) is 6.83. The van der Waals surface area contributed by atoms with Gasteiger partial charge in [0.05, 0.1) is 23.5 Å². The van der Waals surface area contributed by atoms with Gasteiger partial charge in [-0.15, -0.1) is 0 Å². The maximum atomic E-state index is 12.6. The smallest absolute Gasteiger partial charge is 0.330 e. The minimum absolute atomic E-state index is 0.00208. The standard InChI is InChI=1S/C18H22N4O2/c1-18(2,3)11-22-15-6-5-14(20-16(15)21(4)17(22)24)12-7-8-19-13(9-12)10-23/h5-9,23H,10-11H2,1-4H3. The minimum Gasteiger partial charge on any atom is -0.390 e. The molecule has 0 atom stereocenters. The number of aliphatic hydroxyl groups excluding tert-OH is 1. The second-order valence-electron chi connectivity index (χ2n) is 7.22. The molecule has 126 valence electrons. The lowest BCUT2D eigenvalue weighted by molar-refractivity contribution is 0.277. The third-order valence-electron chi connectivity index (χ3n) is 3.89. The van der Waals surface area contributed by atoms with Crippen LogP contribution in [0.4, 0.5) is 0 Å². The summed E-state index contributed by atoms with van der Waals surface area (Å²) in [7, 11) is 1.74. The van der Waals surface area contributed by atoms with Crippen molar-refractivity contribution in [1.82, 2.24) is 19.1 Å². The van der Waals surface area contributed by atoms with Crippen LogP contribution in [0.15, 0.2) is 35.3 Å². The van der Waals surface area contributed by atoms with Crippen LogP contribution in [0.25, 0.3) is 22.4 Å². The van der Waals surface area contributed by atoms with Crippen molar-refractivity contribution in [2.75, 3.05) is 0 Å². The summed E-state index contributed by atoms with van der Waals surface area (Å²) in [4.78, 5) is 21.3. The summed E-state index contributed by atoms with van der Waals surface area (Å²) < 4.78 is 3.36. The summed E-state index contributed by atoms with van der Waals surface area (Å²) in [6.07, 6.45) is 1.65. The fraction of sp³-hybridized carbons (Fsp3) is 0.389. The number of pyridine rings is 2. The van der Waals surface area contributed by atoms with Crippen LogP contribution >= 0.6 is 0 Å². The van der Waals surface area contributed by atoms with Crippen LogP contribution in [0.5, 0.6) is 0 Å². The van der Waals surface area contributed by atoms with E-state index in [-0.39, 0.29) is 17.7 Å². The van der Waals surface area contributed by atoms with E-state index in [1.807, 2.05) is 18.2 Å². The number of aromatic nitrogens is 4. The molecule has 24 heavy (non-hydrogen) atoms. The van der Waals surface area contributed by atoms with Crippen LogP contribution in [0.1, 0.15) is 26.5 Å². The van der Waals surface area contributed by atoms with E-state index in [2.05, 4.69) is 30.7 Å². The van der Waals surface area contributed by atoms with Gasteiger partial charge >= 0.3 is 5.69 Å². The molecule has 3 rings (SSSR count). The SMILES string of the molecule is Cn1c(=O)n(CC(C)(C)C)c2ccc(-c3ccnc(CO)c3)nc21. The number of aliphatic hydroxyl groups is 1. The Morgan fingerprint density at radius 1 is 1.21 bits per heavy atom. The summed E-state index contributed by atoms with van der Waals surface area (Å²) in [5.41, 5.74) is 3.64. The van der Waals surface area contributed by atoms with Gasteiger partial charge in [-0.1, -0.05) is 20.8 Å². The van der Waals surface area contributed by atoms with Gasteiger partial charge in [-0.3, -0.25) is 14.1 Å². The van der Waals surface area contributed by atoms with E-state index in [0.29, 0.717) is 17.9 Å². The molecule has 3 heterocycles. The molecule has 0 spiro atoms. The average molecular weight is 326 g/mol. The van der Waals surface area contributed by atoms with Gasteiger partial charge in [0.1, 0.15) is 0 Å². The molecule has 0 aliphatic carbocycles. The minimum atomic E-state index is -0.115. The molecular formula is C18H22N4O2. The van der Waals surface area contributed by atoms with E-state index in [4.69, 9.17) is 0 Å². The summed E-state index contributed by atoms with van der Waals surface area (Å²) in [5.74, 6) is 0. The molecule has 3 aromatic heterocycles. The molecule has 0 fully saturated rings. The average Bonchev–Trinajstić information content (AvgIpc) is 2.78. The predicted octanol–water partition coefficient (Wildman–Crippen LogP) is 2.34. The van der Waals surface area contributed by atoms with Gasteiger partial charge in [-0.05, 0) is 29.7 Å². The third-order valence-corrected chi connectivity index (χ3v) is 3.89. The molecule has 0 saturated heterocycles. The first-order valence-corrected chi connectivity index (χ1v) is 7.92. The Bertz CT molecular complexity index is 948. The van der Waals surface area contributed by atoms with Gasteiger partial charge < -0.3 is 5.11 Å². The van der Waals surface area contributed by atoms with Gasteiger partial charge in [-0.2, -0.15) is 0 Å². The largest absolute Gasteiger partial charge is 0.390 e. The fourth-order valence-corrected chi connectivity index (χ4v) is 2.79. The number of nitrogens with zero attached hydrogens (tertiary/aromatic N) is 4. The number of rotatable bonds is 3. The lowest BCUT2D eigenvalue weighted by Gasteiger charge is -2.18. The van der Waals surface area contributed by atoms with E-state index < -0.39 is 0 Å². The number of aryl methyl sites for hydroxylation is 1. The van der Waals surface area contributed by atoms with E-state index in [0.717, 1.165) is 16.8 Å². The second-order valence-corrected chi connectivity index (χ2v) is 7.22. The highest BCUT2D eigenvalue weighted by atomic mass is 16.3. The van der Waals surface area contributed by atoms with Gasteiger partial charge in [0.2, 0.25) is 0 Å². The van der Waals surface area contributed by atoms with Crippen molar-refractivity contribution in [3.05, 3.63) is 46.6 Å². The number of hydrogen-bond acceptors (Lipinski definition) is 4. The Morgan fingerprint density at radius 2 is 1.96 bits per heavy atom. The Labute approximate surface area is 140 Å². The van der Waals surface area contributed by atoms with Crippen molar-refractivity contribution in [2.24, 2.45) is 12.5 Å². The molecule has 6 nitrogen and oxygen atoms in total. The summed E-state index contributed by atoms with van der Waals surface area (Å²) in [5, 5.41) is 9.24. The second kappa shape index (κ2) is 5.87. The first-order valence-electron chi connectivity index (χ1n) is 7.92. The van der Waals surface area contributed by atoms with E-state index in [9.17, 15) is 9.90 Å². The Kier molecular flexibility index (Phi) is 4.01. The topological polar surface area (TPSA) is 72.9 Å². The van der Waals surface area contributed by atoms with Gasteiger partial charge in [0.15, 0.2) is 5.65 Å². The molecule has 6 heteroatoms. The molecular weight excluding hydrogens is 304 g/mol. The van der Waals surface area contributed by atoms with E-state index in [1.54, 1.807) is 28.4 Å². The first kappa shape index (κ1) is 16.4. The third kappa shape index (κ3) is 2.97. The molecule has 1 N–H and O–H groups in total. The number of hydrogen-bond donors (Lipinski definition) is 1. The van der Waals surface area contributed by atoms with Crippen LogP contribution < -0.4 is 5.69 Å². The lowest BCUT2D eigenvalue weighted by atomic mass is 9.97. The molecule has 0 aromatic carbocycles. The maximum absolute atomic E-state index is 12.6.